The molecule has 0 atom stereocenters. The predicted molar refractivity (Wildman–Crippen MR) is 116 cm³/mol. The fraction of sp³-hybridized carbons (Fsp3) is 0.286. The van der Waals surface area contributed by atoms with Gasteiger partial charge in [-0.05, 0) is 24.7 Å². The Labute approximate surface area is 182 Å². The second kappa shape index (κ2) is 10.3. The van der Waals surface area contributed by atoms with Crippen LogP contribution in [0.15, 0.2) is 48.8 Å². The molecule has 1 aromatic carbocycles. The van der Waals surface area contributed by atoms with Gasteiger partial charge in [-0.1, -0.05) is 23.5 Å². The van der Waals surface area contributed by atoms with Gasteiger partial charge in [0.25, 0.3) is 0 Å². The first kappa shape index (κ1) is 22.6. The maximum atomic E-state index is 13.0. The van der Waals surface area contributed by atoms with Gasteiger partial charge < -0.3 is 15.1 Å². The smallest absolute Gasteiger partial charge is 0.328 e. The van der Waals surface area contributed by atoms with Gasteiger partial charge in [0, 0.05) is 57.3 Å². The standard InChI is InChI=1S/C17H19FN4S.C4H4O4/c1-20-6-8-21(9-7-20)10-15-11-22-12-16(23-17(22)19-15)13-2-4-14(18)5-3-13;5-3(6)1-2-4(7)8/h2-5,11-12H,6-10H2,1H3;1-2H,(H,5,6)(H,7,8)/b;2-1-. The Bertz CT molecular complexity index is 1020. The zero-order valence-electron chi connectivity index (χ0n) is 16.9. The predicted octanol–water partition coefficient (Wildman–Crippen LogP) is 2.66. The van der Waals surface area contributed by atoms with E-state index in [4.69, 9.17) is 15.2 Å². The zero-order chi connectivity index (χ0) is 22.4. The Hall–Kier alpha value is -3.08. The molecule has 10 heteroatoms. The molecule has 4 rings (SSSR count). The second-order valence-electron chi connectivity index (χ2n) is 7.11. The van der Waals surface area contributed by atoms with Crippen molar-refractivity contribution >= 4 is 28.2 Å². The molecule has 3 heterocycles. The second-order valence-corrected chi connectivity index (χ2v) is 8.12. The van der Waals surface area contributed by atoms with Crippen LogP contribution in [0, 0.1) is 5.82 Å². The summed E-state index contributed by atoms with van der Waals surface area (Å²) < 4.78 is 15.1. The summed E-state index contributed by atoms with van der Waals surface area (Å²) in [6.07, 6.45) is 5.30. The van der Waals surface area contributed by atoms with Crippen molar-refractivity contribution < 1.29 is 24.2 Å². The van der Waals surface area contributed by atoms with Crippen molar-refractivity contribution in [2.75, 3.05) is 33.2 Å². The number of carboxylic acid groups (broad SMARTS) is 2. The maximum Gasteiger partial charge on any atom is 0.328 e. The van der Waals surface area contributed by atoms with Crippen LogP contribution in [-0.2, 0) is 16.1 Å². The summed E-state index contributed by atoms with van der Waals surface area (Å²) in [6.45, 7) is 5.35. The number of nitrogens with zero attached hydrogens (tertiary/aromatic N) is 4. The van der Waals surface area contributed by atoms with Gasteiger partial charge in [0.05, 0.1) is 10.6 Å². The third-order valence-electron chi connectivity index (χ3n) is 4.68. The van der Waals surface area contributed by atoms with Crippen LogP contribution in [0.25, 0.3) is 15.4 Å². The highest BCUT2D eigenvalue weighted by Gasteiger charge is 2.16. The van der Waals surface area contributed by atoms with Crippen molar-refractivity contribution in [2.45, 2.75) is 6.54 Å². The van der Waals surface area contributed by atoms with E-state index < -0.39 is 11.9 Å². The summed E-state index contributed by atoms with van der Waals surface area (Å²) in [5, 5.41) is 15.6. The molecule has 2 aromatic heterocycles. The number of imidazole rings is 1. The number of benzene rings is 1. The average molecular weight is 447 g/mol. The van der Waals surface area contributed by atoms with Gasteiger partial charge in [-0.3, -0.25) is 9.30 Å². The SMILES string of the molecule is CN1CCN(Cc2cn3cc(-c4ccc(F)cc4)sc3n2)CC1.O=C(O)/C=C\C(=O)O. The number of hydrogen-bond acceptors (Lipinski definition) is 6. The normalized spacial score (nSPS) is 15.2. The number of thiazole rings is 1. The summed E-state index contributed by atoms with van der Waals surface area (Å²) >= 11 is 1.64. The van der Waals surface area contributed by atoms with E-state index in [2.05, 4.69) is 33.6 Å². The number of halogens is 1. The molecule has 1 aliphatic rings. The highest BCUT2D eigenvalue weighted by molar-refractivity contribution is 7.20. The van der Waals surface area contributed by atoms with E-state index in [1.165, 1.54) is 12.1 Å². The van der Waals surface area contributed by atoms with Gasteiger partial charge in [-0.25, -0.2) is 19.0 Å². The third-order valence-corrected chi connectivity index (χ3v) is 5.73. The van der Waals surface area contributed by atoms with Crippen LogP contribution in [0.2, 0.25) is 0 Å². The number of aromatic nitrogens is 2. The van der Waals surface area contributed by atoms with Crippen LogP contribution >= 0.6 is 11.3 Å². The Kier molecular flexibility index (Phi) is 7.50. The van der Waals surface area contributed by atoms with Gasteiger partial charge in [0.2, 0.25) is 0 Å². The molecule has 3 aromatic rings. The fourth-order valence-corrected chi connectivity index (χ4v) is 4.04. The van der Waals surface area contributed by atoms with Gasteiger partial charge in [-0.2, -0.15) is 0 Å². The molecule has 1 fully saturated rings. The van der Waals surface area contributed by atoms with E-state index in [1.54, 1.807) is 11.3 Å². The van der Waals surface area contributed by atoms with Crippen LogP contribution in [0.3, 0.4) is 0 Å². The Morgan fingerprint density at radius 1 is 1.06 bits per heavy atom. The fourth-order valence-electron chi connectivity index (χ4n) is 3.05. The lowest BCUT2D eigenvalue weighted by atomic mass is 10.2. The Morgan fingerprint density at radius 3 is 2.23 bits per heavy atom. The molecular formula is C21H23FN4O4S. The van der Waals surface area contributed by atoms with E-state index in [1.807, 2.05) is 12.1 Å². The van der Waals surface area contributed by atoms with Crippen LogP contribution in [0.1, 0.15) is 5.69 Å². The van der Waals surface area contributed by atoms with E-state index in [-0.39, 0.29) is 5.82 Å². The summed E-state index contributed by atoms with van der Waals surface area (Å²) in [4.78, 5) is 30.8. The number of rotatable bonds is 5. The van der Waals surface area contributed by atoms with E-state index in [0.717, 1.165) is 53.8 Å². The van der Waals surface area contributed by atoms with Crippen molar-refractivity contribution in [3.63, 3.8) is 0 Å². The number of fused-ring (bicyclic) bond motifs is 1. The molecule has 31 heavy (non-hydrogen) atoms. The average Bonchev–Trinajstić information content (AvgIpc) is 3.28. The quantitative estimate of drug-likeness (QED) is 0.582. The molecule has 0 spiro atoms. The molecule has 1 aliphatic heterocycles. The molecule has 0 bridgehead atoms. The number of piperazine rings is 1. The molecular weight excluding hydrogens is 423 g/mol. The summed E-state index contributed by atoms with van der Waals surface area (Å²) in [5.41, 5.74) is 2.15. The Morgan fingerprint density at radius 2 is 1.68 bits per heavy atom. The minimum Gasteiger partial charge on any atom is -0.478 e. The largest absolute Gasteiger partial charge is 0.478 e. The number of carbonyl (C=O) groups is 2. The van der Waals surface area contributed by atoms with E-state index in [9.17, 15) is 14.0 Å². The van der Waals surface area contributed by atoms with Gasteiger partial charge >= 0.3 is 11.9 Å². The molecule has 0 unspecified atom stereocenters. The molecule has 164 valence electrons. The van der Waals surface area contributed by atoms with Crippen LogP contribution in [-0.4, -0.2) is 74.6 Å². The van der Waals surface area contributed by atoms with Crippen molar-refractivity contribution in [1.29, 1.82) is 0 Å². The summed E-state index contributed by atoms with van der Waals surface area (Å²) in [6, 6.07) is 6.62. The van der Waals surface area contributed by atoms with Gasteiger partial charge in [0.1, 0.15) is 5.82 Å². The van der Waals surface area contributed by atoms with Crippen LogP contribution < -0.4 is 0 Å². The van der Waals surface area contributed by atoms with Crippen molar-refractivity contribution in [3.05, 3.63) is 60.3 Å². The third kappa shape index (κ3) is 6.71. The van der Waals surface area contributed by atoms with E-state index in [0.29, 0.717) is 12.2 Å². The lowest BCUT2D eigenvalue weighted by Gasteiger charge is -2.31. The molecule has 2 N–H and O–H groups in total. The Balaban J connectivity index is 0.000000293. The van der Waals surface area contributed by atoms with Gasteiger partial charge in [-0.15, -0.1) is 0 Å². The van der Waals surface area contributed by atoms with Crippen molar-refractivity contribution in [1.82, 2.24) is 19.2 Å². The highest BCUT2D eigenvalue weighted by Crippen LogP contribution is 2.28. The maximum absolute atomic E-state index is 13.0. The summed E-state index contributed by atoms with van der Waals surface area (Å²) in [7, 11) is 2.17. The molecule has 8 nitrogen and oxygen atoms in total. The number of hydrogen-bond donors (Lipinski definition) is 2. The first-order valence-corrected chi connectivity index (χ1v) is 10.4. The lowest BCUT2D eigenvalue weighted by Crippen LogP contribution is -2.43. The number of aliphatic carboxylic acids is 2. The molecule has 0 aliphatic carbocycles. The van der Waals surface area contributed by atoms with Crippen molar-refractivity contribution in [3.8, 4) is 10.4 Å². The molecule has 1 saturated heterocycles. The van der Waals surface area contributed by atoms with Crippen LogP contribution in [0.4, 0.5) is 4.39 Å². The topological polar surface area (TPSA) is 98.4 Å². The zero-order valence-corrected chi connectivity index (χ0v) is 17.8. The lowest BCUT2D eigenvalue weighted by molar-refractivity contribution is -0.134. The number of likely N-dealkylation sites (N-methyl/N-ethyl adjacent to an activating group) is 1. The first-order valence-electron chi connectivity index (χ1n) is 9.58. The van der Waals surface area contributed by atoms with Crippen molar-refractivity contribution in [2.24, 2.45) is 0 Å². The molecule has 0 saturated carbocycles. The summed E-state index contributed by atoms with van der Waals surface area (Å²) in [5.74, 6) is -2.72. The minimum absolute atomic E-state index is 0.204. The molecule has 0 radical (unpaired) electrons. The van der Waals surface area contributed by atoms with E-state index >= 15 is 0 Å². The van der Waals surface area contributed by atoms with Gasteiger partial charge in [0.15, 0.2) is 4.96 Å². The molecule has 0 amide bonds. The first-order chi connectivity index (χ1) is 14.8. The highest BCUT2D eigenvalue weighted by atomic mass is 32.1. The minimum atomic E-state index is -1.26. The van der Waals surface area contributed by atoms with Crippen LogP contribution in [0.5, 0.6) is 0 Å². The monoisotopic (exact) mass is 446 g/mol. The number of carboxylic acids is 2.